The fourth-order valence-electron chi connectivity index (χ4n) is 0.836. The fourth-order valence-corrected chi connectivity index (χ4v) is 1.19. The van der Waals surface area contributed by atoms with Gasteiger partial charge in [0.1, 0.15) is 0 Å². The van der Waals surface area contributed by atoms with Crippen LogP contribution in [0.25, 0.3) is 0 Å². The molecule has 0 aromatic rings. The predicted molar refractivity (Wildman–Crippen MR) is 57.0 cm³/mol. The van der Waals surface area contributed by atoms with Gasteiger partial charge in [0.05, 0.1) is 6.61 Å². The summed E-state index contributed by atoms with van der Waals surface area (Å²) in [6, 6.07) is 0. The molecule has 0 saturated carbocycles. The standard InChI is InChI=1S/C8H18OS2/c10-7-4-2-1-3-5-9-6-8-11/h10-11H,1-8H2. The summed E-state index contributed by atoms with van der Waals surface area (Å²) in [5.74, 6) is 1.84. The lowest BCUT2D eigenvalue weighted by molar-refractivity contribution is 0.145. The molecule has 0 fully saturated rings. The summed E-state index contributed by atoms with van der Waals surface area (Å²) in [7, 11) is 0. The van der Waals surface area contributed by atoms with Gasteiger partial charge in [0.2, 0.25) is 0 Å². The maximum absolute atomic E-state index is 5.27. The van der Waals surface area contributed by atoms with Crippen molar-refractivity contribution in [2.24, 2.45) is 0 Å². The number of hydrogen-bond donors (Lipinski definition) is 2. The van der Waals surface area contributed by atoms with Gasteiger partial charge in [-0.1, -0.05) is 12.8 Å². The van der Waals surface area contributed by atoms with Crippen molar-refractivity contribution < 1.29 is 4.74 Å². The van der Waals surface area contributed by atoms with Crippen LogP contribution < -0.4 is 0 Å². The molecule has 0 spiro atoms. The van der Waals surface area contributed by atoms with E-state index in [1.165, 1.54) is 25.7 Å². The lowest BCUT2D eigenvalue weighted by Gasteiger charge is -2.00. The monoisotopic (exact) mass is 194 g/mol. The Bertz CT molecular complexity index is 61.1. The topological polar surface area (TPSA) is 9.23 Å². The molecule has 3 heteroatoms. The molecular formula is C8H18OS2. The van der Waals surface area contributed by atoms with E-state index < -0.39 is 0 Å². The van der Waals surface area contributed by atoms with Gasteiger partial charge < -0.3 is 4.74 Å². The molecule has 0 rings (SSSR count). The largest absolute Gasteiger partial charge is 0.381 e. The van der Waals surface area contributed by atoms with Crippen LogP contribution in [0, 0.1) is 0 Å². The predicted octanol–water partition coefficient (Wildman–Crippen LogP) is 2.42. The molecule has 1 nitrogen and oxygen atoms in total. The van der Waals surface area contributed by atoms with Crippen molar-refractivity contribution in [1.29, 1.82) is 0 Å². The SMILES string of the molecule is SCCCCCCOCCS. The molecule has 0 saturated heterocycles. The smallest absolute Gasteiger partial charge is 0.0554 e. The molecule has 0 aliphatic rings. The van der Waals surface area contributed by atoms with Gasteiger partial charge in [-0.15, -0.1) is 0 Å². The van der Waals surface area contributed by atoms with Crippen LogP contribution in [0.5, 0.6) is 0 Å². The Hall–Kier alpha value is 0.660. The summed E-state index contributed by atoms with van der Waals surface area (Å²) in [5.41, 5.74) is 0. The number of rotatable bonds is 8. The number of thiol groups is 2. The first-order chi connectivity index (χ1) is 5.41. The van der Waals surface area contributed by atoms with Gasteiger partial charge in [0, 0.05) is 12.4 Å². The van der Waals surface area contributed by atoms with Gasteiger partial charge in [-0.25, -0.2) is 0 Å². The van der Waals surface area contributed by atoms with Gasteiger partial charge in [-0.2, -0.15) is 25.3 Å². The maximum Gasteiger partial charge on any atom is 0.0554 e. The molecule has 0 radical (unpaired) electrons. The molecule has 0 aliphatic heterocycles. The minimum absolute atomic E-state index is 0.787. The van der Waals surface area contributed by atoms with Crippen molar-refractivity contribution in [1.82, 2.24) is 0 Å². The first kappa shape index (κ1) is 11.7. The summed E-state index contributed by atoms with van der Waals surface area (Å²) in [6.07, 6.45) is 4.97. The van der Waals surface area contributed by atoms with Crippen LogP contribution in [0.15, 0.2) is 0 Å². The first-order valence-corrected chi connectivity index (χ1v) is 5.47. The molecule has 0 unspecified atom stereocenters. The van der Waals surface area contributed by atoms with Crippen molar-refractivity contribution in [3.05, 3.63) is 0 Å². The van der Waals surface area contributed by atoms with Crippen LogP contribution in [-0.2, 0) is 4.74 Å². The highest BCUT2D eigenvalue weighted by Gasteiger charge is 1.88. The lowest BCUT2D eigenvalue weighted by atomic mass is 10.2. The van der Waals surface area contributed by atoms with Crippen molar-refractivity contribution in [2.45, 2.75) is 25.7 Å². The molecule has 0 heterocycles. The quantitative estimate of drug-likeness (QED) is 0.446. The van der Waals surface area contributed by atoms with E-state index in [9.17, 15) is 0 Å². The first-order valence-electron chi connectivity index (χ1n) is 4.21. The minimum Gasteiger partial charge on any atom is -0.381 e. The second-order valence-electron chi connectivity index (χ2n) is 2.47. The van der Waals surface area contributed by atoms with Crippen LogP contribution >= 0.6 is 25.3 Å². The molecule has 0 bridgehead atoms. The lowest BCUT2D eigenvalue weighted by Crippen LogP contribution is -1.97. The van der Waals surface area contributed by atoms with Crippen LogP contribution in [-0.4, -0.2) is 24.7 Å². The van der Waals surface area contributed by atoms with E-state index in [4.69, 9.17) is 4.74 Å². The van der Waals surface area contributed by atoms with E-state index in [0.717, 1.165) is 24.7 Å². The van der Waals surface area contributed by atoms with E-state index in [2.05, 4.69) is 25.3 Å². The zero-order chi connectivity index (χ0) is 8.36. The van der Waals surface area contributed by atoms with Gasteiger partial charge >= 0.3 is 0 Å². The Morgan fingerprint density at radius 1 is 0.727 bits per heavy atom. The zero-order valence-corrected chi connectivity index (χ0v) is 8.75. The molecule has 0 aliphatic carbocycles. The highest BCUT2D eigenvalue weighted by atomic mass is 32.1. The third-order valence-corrected chi connectivity index (χ3v) is 1.93. The Balaban J connectivity index is 2.69. The number of hydrogen-bond acceptors (Lipinski definition) is 3. The summed E-state index contributed by atoms with van der Waals surface area (Å²) in [5, 5.41) is 0. The molecule has 0 aromatic carbocycles. The molecule has 0 N–H and O–H groups in total. The molecule has 0 atom stereocenters. The van der Waals surface area contributed by atoms with Crippen molar-refractivity contribution >= 4 is 25.3 Å². The maximum atomic E-state index is 5.27. The summed E-state index contributed by atoms with van der Waals surface area (Å²) < 4.78 is 5.27. The van der Waals surface area contributed by atoms with Gasteiger partial charge in [0.25, 0.3) is 0 Å². The summed E-state index contributed by atoms with van der Waals surface area (Å²) in [4.78, 5) is 0. The third kappa shape index (κ3) is 10.7. The normalized spacial score (nSPS) is 10.4. The second-order valence-corrected chi connectivity index (χ2v) is 3.37. The van der Waals surface area contributed by atoms with Crippen LogP contribution in [0.2, 0.25) is 0 Å². The van der Waals surface area contributed by atoms with Gasteiger partial charge in [0.15, 0.2) is 0 Å². The third-order valence-electron chi connectivity index (χ3n) is 1.43. The Kier molecular flexibility index (Phi) is 11.3. The van der Waals surface area contributed by atoms with Crippen LogP contribution in [0.3, 0.4) is 0 Å². The average molecular weight is 194 g/mol. The molecule has 0 aromatic heterocycles. The van der Waals surface area contributed by atoms with Crippen molar-refractivity contribution in [3.63, 3.8) is 0 Å². The average Bonchev–Trinajstić information content (AvgIpc) is 2.03. The number of ether oxygens (including phenoxy) is 1. The highest BCUT2D eigenvalue weighted by molar-refractivity contribution is 7.80. The molecule has 11 heavy (non-hydrogen) atoms. The van der Waals surface area contributed by atoms with E-state index in [1.807, 2.05) is 0 Å². The second kappa shape index (κ2) is 10.7. The Labute approximate surface area is 80.7 Å². The number of unbranched alkanes of at least 4 members (excludes halogenated alkanes) is 3. The fraction of sp³-hybridized carbons (Fsp3) is 1.00. The Morgan fingerprint density at radius 2 is 1.45 bits per heavy atom. The zero-order valence-electron chi connectivity index (χ0n) is 6.96. The molecular weight excluding hydrogens is 176 g/mol. The van der Waals surface area contributed by atoms with Gasteiger partial charge in [-0.05, 0) is 18.6 Å². The Morgan fingerprint density at radius 3 is 2.09 bits per heavy atom. The van der Waals surface area contributed by atoms with Crippen LogP contribution in [0.4, 0.5) is 0 Å². The summed E-state index contributed by atoms with van der Waals surface area (Å²) in [6.45, 7) is 1.68. The van der Waals surface area contributed by atoms with Crippen molar-refractivity contribution in [3.8, 4) is 0 Å². The van der Waals surface area contributed by atoms with E-state index in [-0.39, 0.29) is 0 Å². The van der Waals surface area contributed by atoms with Gasteiger partial charge in [-0.3, -0.25) is 0 Å². The molecule has 68 valence electrons. The van der Waals surface area contributed by atoms with E-state index in [1.54, 1.807) is 0 Å². The summed E-state index contributed by atoms with van der Waals surface area (Å²) >= 11 is 8.18. The highest BCUT2D eigenvalue weighted by Crippen LogP contribution is 2.00. The van der Waals surface area contributed by atoms with E-state index in [0.29, 0.717) is 0 Å². The molecule has 0 amide bonds. The minimum atomic E-state index is 0.787. The van der Waals surface area contributed by atoms with Crippen LogP contribution in [0.1, 0.15) is 25.7 Å². The van der Waals surface area contributed by atoms with E-state index >= 15 is 0 Å². The van der Waals surface area contributed by atoms with Crippen molar-refractivity contribution in [2.75, 3.05) is 24.7 Å².